The lowest BCUT2D eigenvalue weighted by Crippen LogP contribution is -2.33. The van der Waals surface area contributed by atoms with E-state index in [1.165, 1.54) is 12.0 Å². The van der Waals surface area contributed by atoms with Crippen molar-refractivity contribution in [3.8, 4) is 11.5 Å². The van der Waals surface area contributed by atoms with E-state index in [0.717, 1.165) is 24.6 Å². The van der Waals surface area contributed by atoms with Gasteiger partial charge in [0.15, 0.2) is 11.5 Å². The SMILES string of the molecule is COc1ccc(C(C)NC2CCNC2)cc1OC. The number of benzene rings is 1. The second-order valence-corrected chi connectivity index (χ2v) is 4.69. The Hall–Kier alpha value is -1.26. The molecule has 0 radical (unpaired) electrons. The lowest BCUT2D eigenvalue weighted by Gasteiger charge is -2.20. The molecule has 0 saturated carbocycles. The summed E-state index contributed by atoms with van der Waals surface area (Å²) in [4.78, 5) is 0. The molecule has 0 aliphatic carbocycles. The molecule has 2 rings (SSSR count). The predicted molar refractivity (Wildman–Crippen MR) is 72.4 cm³/mol. The van der Waals surface area contributed by atoms with Gasteiger partial charge in [0, 0.05) is 18.6 Å². The normalized spacial score (nSPS) is 20.7. The number of nitrogens with one attached hydrogen (secondary N) is 2. The van der Waals surface area contributed by atoms with E-state index in [2.05, 4.69) is 23.6 Å². The van der Waals surface area contributed by atoms with Crippen LogP contribution in [-0.4, -0.2) is 33.4 Å². The summed E-state index contributed by atoms with van der Waals surface area (Å²) in [6, 6.07) is 6.96. The van der Waals surface area contributed by atoms with Crippen molar-refractivity contribution in [2.45, 2.75) is 25.4 Å². The molecule has 1 saturated heterocycles. The first-order valence-corrected chi connectivity index (χ1v) is 6.43. The Morgan fingerprint density at radius 1 is 1.28 bits per heavy atom. The maximum atomic E-state index is 5.33. The maximum Gasteiger partial charge on any atom is 0.161 e. The Bertz CT molecular complexity index is 389. The first kappa shape index (κ1) is 13.2. The first-order valence-electron chi connectivity index (χ1n) is 6.43. The van der Waals surface area contributed by atoms with Crippen LogP contribution in [0.5, 0.6) is 11.5 Å². The van der Waals surface area contributed by atoms with Crippen molar-refractivity contribution in [3.05, 3.63) is 23.8 Å². The summed E-state index contributed by atoms with van der Waals surface area (Å²) >= 11 is 0. The molecule has 2 atom stereocenters. The summed E-state index contributed by atoms with van der Waals surface area (Å²) in [6.07, 6.45) is 1.19. The second kappa shape index (κ2) is 6.07. The minimum absolute atomic E-state index is 0.315. The van der Waals surface area contributed by atoms with E-state index in [4.69, 9.17) is 9.47 Å². The van der Waals surface area contributed by atoms with Gasteiger partial charge in [0.25, 0.3) is 0 Å². The Morgan fingerprint density at radius 2 is 2.06 bits per heavy atom. The molecular weight excluding hydrogens is 228 g/mol. The Morgan fingerprint density at radius 3 is 2.67 bits per heavy atom. The van der Waals surface area contributed by atoms with Crippen molar-refractivity contribution >= 4 is 0 Å². The molecule has 1 heterocycles. The molecule has 1 aromatic carbocycles. The van der Waals surface area contributed by atoms with Gasteiger partial charge in [0.05, 0.1) is 14.2 Å². The molecule has 2 unspecified atom stereocenters. The highest BCUT2D eigenvalue weighted by molar-refractivity contribution is 5.43. The van der Waals surface area contributed by atoms with Gasteiger partial charge in [-0.25, -0.2) is 0 Å². The largest absolute Gasteiger partial charge is 0.493 e. The molecule has 4 heteroatoms. The Labute approximate surface area is 109 Å². The van der Waals surface area contributed by atoms with Crippen LogP contribution in [-0.2, 0) is 0 Å². The molecule has 1 aromatic rings. The van der Waals surface area contributed by atoms with E-state index in [-0.39, 0.29) is 0 Å². The molecule has 0 spiro atoms. The molecular formula is C14H22N2O2. The molecule has 100 valence electrons. The van der Waals surface area contributed by atoms with E-state index in [0.29, 0.717) is 12.1 Å². The van der Waals surface area contributed by atoms with E-state index in [1.54, 1.807) is 14.2 Å². The minimum Gasteiger partial charge on any atom is -0.493 e. The Kier molecular flexibility index (Phi) is 4.44. The fourth-order valence-corrected chi connectivity index (χ4v) is 2.37. The lowest BCUT2D eigenvalue weighted by molar-refractivity contribution is 0.353. The van der Waals surface area contributed by atoms with Crippen LogP contribution in [0.3, 0.4) is 0 Å². The van der Waals surface area contributed by atoms with Gasteiger partial charge < -0.3 is 20.1 Å². The highest BCUT2D eigenvalue weighted by atomic mass is 16.5. The van der Waals surface area contributed by atoms with E-state index >= 15 is 0 Å². The van der Waals surface area contributed by atoms with Gasteiger partial charge in [-0.15, -0.1) is 0 Å². The average Bonchev–Trinajstić information content (AvgIpc) is 2.90. The molecule has 0 aromatic heterocycles. The molecule has 2 N–H and O–H groups in total. The van der Waals surface area contributed by atoms with Gasteiger partial charge in [-0.1, -0.05) is 6.07 Å². The van der Waals surface area contributed by atoms with E-state index in [9.17, 15) is 0 Å². The maximum absolute atomic E-state index is 5.33. The van der Waals surface area contributed by atoms with Crippen LogP contribution in [0.15, 0.2) is 18.2 Å². The number of methoxy groups -OCH3 is 2. The molecule has 1 aliphatic rings. The molecule has 1 fully saturated rings. The summed E-state index contributed by atoms with van der Waals surface area (Å²) in [5.41, 5.74) is 1.22. The Balaban J connectivity index is 2.06. The van der Waals surface area contributed by atoms with Crippen LogP contribution in [0.4, 0.5) is 0 Å². The second-order valence-electron chi connectivity index (χ2n) is 4.69. The highest BCUT2D eigenvalue weighted by Crippen LogP contribution is 2.30. The third-order valence-electron chi connectivity index (χ3n) is 3.45. The summed E-state index contributed by atoms with van der Waals surface area (Å²) < 4.78 is 10.6. The van der Waals surface area contributed by atoms with Crippen LogP contribution < -0.4 is 20.1 Å². The van der Waals surface area contributed by atoms with Crippen LogP contribution in [0, 0.1) is 0 Å². The van der Waals surface area contributed by atoms with Gasteiger partial charge in [0.1, 0.15) is 0 Å². The number of ether oxygens (including phenoxy) is 2. The van der Waals surface area contributed by atoms with Crippen molar-refractivity contribution < 1.29 is 9.47 Å². The summed E-state index contributed by atoms with van der Waals surface area (Å²) in [7, 11) is 3.32. The summed E-state index contributed by atoms with van der Waals surface area (Å²) in [6.45, 7) is 4.34. The van der Waals surface area contributed by atoms with Crippen molar-refractivity contribution in [1.29, 1.82) is 0 Å². The van der Waals surface area contributed by atoms with Gasteiger partial charge in [-0.3, -0.25) is 0 Å². The standard InChI is InChI=1S/C14H22N2O2/c1-10(16-12-6-7-15-9-12)11-4-5-13(17-2)14(8-11)18-3/h4-5,8,10,12,15-16H,6-7,9H2,1-3H3. The van der Waals surface area contributed by atoms with Gasteiger partial charge >= 0.3 is 0 Å². The number of rotatable bonds is 5. The van der Waals surface area contributed by atoms with Gasteiger partial charge in [-0.2, -0.15) is 0 Å². The summed E-state index contributed by atoms with van der Waals surface area (Å²) in [5.74, 6) is 1.56. The third-order valence-corrected chi connectivity index (χ3v) is 3.45. The van der Waals surface area contributed by atoms with Gasteiger partial charge in [0.2, 0.25) is 0 Å². The minimum atomic E-state index is 0.315. The summed E-state index contributed by atoms with van der Waals surface area (Å²) in [5, 5.41) is 6.99. The van der Waals surface area contributed by atoms with Crippen LogP contribution in [0.1, 0.15) is 24.9 Å². The zero-order chi connectivity index (χ0) is 13.0. The molecule has 0 bridgehead atoms. The molecule has 4 nitrogen and oxygen atoms in total. The number of hydrogen-bond acceptors (Lipinski definition) is 4. The number of hydrogen-bond donors (Lipinski definition) is 2. The fourth-order valence-electron chi connectivity index (χ4n) is 2.37. The quantitative estimate of drug-likeness (QED) is 0.835. The highest BCUT2D eigenvalue weighted by Gasteiger charge is 2.18. The monoisotopic (exact) mass is 250 g/mol. The van der Waals surface area contributed by atoms with Crippen molar-refractivity contribution in [2.75, 3.05) is 27.3 Å². The van der Waals surface area contributed by atoms with Crippen molar-refractivity contribution in [3.63, 3.8) is 0 Å². The topological polar surface area (TPSA) is 42.5 Å². The molecule has 0 amide bonds. The zero-order valence-electron chi connectivity index (χ0n) is 11.3. The van der Waals surface area contributed by atoms with Crippen LogP contribution >= 0.6 is 0 Å². The first-order chi connectivity index (χ1) is 8.74. The molecule has 18 heavy (non-hydrogen) atoms. The molecule has 1 aliphatic heterocycles. The van der Waals surface area contributed by atoms with Crippen LogP contribution in [0.2, 0.25) is 0 Å². The van der Waals surface area contributed by atoms with E-state index in [1.807, 2.05) is 12.1 Å². The van der Waals surface area contributed by atoms with Gasteiger partial charge in [-0.05, 0) is 37.6 Å². The van der Waals surface area contributed by atoms with Crippen LogP contribution in [0.25, 0.3) is 0 Å². The fraction of sp³-hybridized carbons (Fsp3) is 0.571. The van der Waals surface area contributed by atoms with Crippen molar-refractivity contribution in [2.24, 2.45) is 0 Å². The van der Waals surface area contributed by atoms with Crippen molar-refractivity contribution in [1.82, 2.24) is 10.6 Å². The van der Waals surface area contributed by atoms with E-state index < -0.39 is 0 Å². The average molecular weight is 250 g/mol. The lowest BCUT2D eigenvalue weighted by atomic mass is 10.1. The third kappa shape index (κ3) is 2.94. The predicted octanol–water partition coefficient (Wildman–Crippen LogP) is 1.72. The zero-order valence-corrected chi connectivity index (χ0v) is 11.3. The smallest absolute Gasteiger partial charge is 0.161 e.